The summed E-state index contributed by atoms with van der Waals surface area (Å²) < 4.78 is 7.42. The zero-order valence-electron chi connectivity index (χ0n) is 13.1. The van der Waals surface area contributed by atoms with Crippen molar-refractivity contribution in [3.8, 4) is 5.75 Å². The van der Waals surface area contributed by atoms with Crippen molar-refractivity contribution in [3.05, 3.63) is 52.8 Å². The third kappa shape index (κ3) is 2.59. The number of halogens is 1. The Kier molecular flexibility index (Phi) is 3.61. The van der Waals surface area contributed by atoms with Gasteiger partial charge < -0.3 is 9.64 Å². The molecular formula is C17H15ClN4O2. The number of carbonyl (C=O) groups is 1. The zero-order chi connectivity index (χ0) is 16.7. The molecule has 3 aromatic rings. The van der Waals surface area contributed by atoms with E-state index in [9.17, 15) is 4.79 Å². The Morgan fingerprint density at radius 2 is 2.17 bits per heavy atom. The summed E-state index contributed by atoms with van der Waals surface area (Å²) in [5.41, 5.74) is 3.04. The average Bonchev–Trinajstić information content (AvgIpc) is 2.82. The summed E-state index contributed by atoms with van der Waals surface area (Å²) in [5.74, 6) is 0.692. The minimum Gasteiger partial charge on any atom is -0.491 e. The van der Waals surface area contributed by atoms with Crippen LogP contribution >= 0.6 is 11.6 Å². The van der Waals surface area contributed by atoms with Crippen LogP contribution in [-0.2, 0) is 13.6 Å². The molecule has 0 saturated heterocycles. The minimum absolute atomic E-state index is 0.0815. The van der Waals surface area contributed by atoms with Crippen LogP contribution in [0, 0.1) is 0 Å². The van der Waals surface area contributed by atoms with Crippen LogP contribution in [0.25, 0.3) is 11.0 Å². The summed E-state index contributed by atoms with van der Waals surface area (Å²) in [6.45, 7) is 1.41. The molecule has 1 aliphatic rings. The molecular weight excluding hydrogens is 328 g/mol. The predicted molar refractivity (Wildman–Crippen MR) is 90.2 cm³/mol. The topological polar surface area (TPSA) is 60.2 Å². The van der Waals surface area contributed by atoms with Gasteiger partial charge in [0, 0.05) is 30.4 Å². The van der Waals surface area contributed by atoms with Gasteiger partial charge in [-0.3, -0.25) is 14.5 Å². The molecule has 1 amide bonds. The summed E-state index contributed by atoms with van der Waals surface area (Å²) in [6.07, 6.45) is 3.28. The van der Waals surface area contributed by atoms with E-state index in [1.807, 2.05) is 25.2 Å². The van der Waals surface area contributed by atoms with Crippen LogP contribution in [0.15, 0.2) is 36.7 Å². The first kappa shape index (κ1) is 15.0. The van der Waals surface area contributed by atoms with Gasteiger partial charge in [-0.1, -0.05) is 11.6 Å². The molecule has 0 spiro atoms. The number of rotatable bonds is 1. The van der Waals surface area contributed by atoms with Crippen molar-refractivity contribution in [2.45, 2.75) is 6.54 Å². The third-order valence-electron chi connectivity index (χ3n) is 4.14. The number of hydrogen-bond acceptors (Lipinski definition) is 4. The molecule has 0 fully saturated rings. The number of carbonyl (C=O) groups excluding carboxylic acids is 1. The van der Waals surface area contributed by atoms with Crippen molar-refractivity contribution in [2.24, 2.45) is 7.05 Å². The molecule has 0 N–H and O–H groups in total. The van der Waals surface area contributed by atoms with E-state index in [-0.39, 0.29) is 5.91 Å². The number of benzene rings is 1. The van der Waals surface area contributed by atoms with Gasteiger partial charge in [-0.2, -0.15) is 5.10 Å². The molecule has 3 heterocycles. The molecule has 24 heavy (non-hydrogen) atoms. The molecule has 1 aromatic carbocycles. The van der Waals surface area contributed by atoms with Crippen molar-refractivity contribution in [1.82, 2.24) is 19.7 Å². The Morgan fingerprint density at radius 3 is 3.04 bits per heavy atom. The van der Waals surface area contributed by atoms with Crippen molar-refractivity contribution in [2.75, 3.05) is 13.2 Å². The molecule has 7 heteroatoms. The van der Waals surface area contributed by atoms with Gasteiger partial charge in [0.05, 0.1) is 23.8 Å². The van der Waals surface area contributed by atoms with E-state index >= 15 is 0 Å². The van der Waals surface area contributed by atoms with Crippen LogP contribution < -0.4 is 4.74 Å². The standard InChI is InChI=1S/C17H15ClN4O2/c1-21-15-7-11(8-19-14(15)9-20-21)17(23)22-4-5-24-16-3-2-13(18)6-12(16)10-22/h2-3,6-9H,4-5,10H2,1H3. The maximum atomic E-state index is 12.9. The zero-order valence-corrected chi connectivity index (χ0v) is 13.8. The smallest absolute Gasteiger partial charge is 0.255 e. The fourth-order valence-corrected chi connectivity index (χ4v) is 3.06. The number of fused-ring (bicyclic) bond motifs is 2. The van der Waals surface area contributed by atoms with E-state index in [1.54, 1.807) is 28.0 Å². The normalized spacial score (nSPS) is 14.2. The Morgan fingerprint density at radius 1 is 1.29 bits per heavy atom. The number of ether oxygens (including phenoxy) is 1. The average molecular weight is 343 g/mol. The number of amides is 1. The second-order valence-electron chi connectivity index (χ2n) is 5.72. The van der Waals surface area contributed by atoms with Gasteiger partial charge in [0.1, 0.15) is 17.9 Å². The predicted octanol–water partition coefficient (Wildman–Crippen LogP) is 2.66. The largest absolute Gasteiger partial charge is 0.491 e. The first-order valence-corrected chi connectivity index (χ1v) is 7.98. The SMILES string of the molecule is Cn1ncc2ncc(C(=O)N3CCOc4ccc(Cl)cc4C3)cc21. The van der Waals surface area contributed by atoms with Crippen molar-refractivity contribution in [1.29, 1.82) is 0 Å². The summed E-state index contributed by atoms with van der Waals surface area (Å²) >= 11 is 6.07. The lowest BCUT2D eigenvalue weighted by Crippen LogP contribution is -2.32. The van der Waals surface area contributed by atoms with Gasteiger partial charge in [0.2, 0.25) is 0 Å². The Hall–Kier alpha value is -2.60. The number of hydrogen-bond donors (Lipinski definition) is 0. The van der Waals surface area contributed by atoms with Gasteiger partial charge in [0.25, 0.3) is 5.91 Å². The quantitative estimate of drug-likeness (QED) is 0.682. The van der Waals surface area contributed by atoms with Crippen molar-refractivity contribution in [3.63, 3.8) is 0 Å². The second kappa shape index (κ2) is 5.79. The van der Waals surface area contributed by atoms with Crippen LogP contribution in [-0.4, -0.2) is 38.7 Å². The Balaban J connectivity index is 1.66. The monoisotopic (exact) mass is 342 g/mol. The van der Waals surface area contributed by atoms with Crippen molar-refractivity contribution < 1.29 is 9.53 Å². The molecule has 0 radical (unpaired) electrons. The van der Waals surface area contributed by atoms with E-state index in [1.165, 1.54) is 0 Å². The first-order valence-electron chi connectivity index (χ1n) is 7.60. The van der Waals surface area contributed by atoms with E-state index in [0.29, 0.717) is 30.3 Å². The number of aryl methyl sites for hydroxylation is 1. The van der Waals surface area contributed by atoms with Crippen molar-refractivity contribution >= 4 is 28.5 Å². The maximum absolute atomic E-state index is 12.9. The number of nitrogens with zero attached hydrogens (tertiary/aromatic N) is 4. The van der Waals surface area contributed by atoms with Crippen LogP contribution in [0.3, 0.4) is 0 Å². The fourth-order valence-electron chi connectivity index (χ4n) is 2.86. The molecule has 122 valence electrons. The van der Waals surface area contributed by atoms with E-state index in [2.05, 4.69) is 10.1 Å². The summed E-state index contributed by atoms with van der Waals surface area (Å²) in [7, 11) is 1.83. The lowest BCUT2D eigenvalue weighted by Gasteiger charge is -2.19. The Bertz CT molecular complexity index is 937. The van der Waals surface area contributed by atoms with E-state index < -0.39 is 0 Å². The Labute approximate surface area is 143 Å². The van der Waals surface area contributed by atoms with Crippen LogP contribution in [0.2, 0.25) is 5.02 Å². The molecule has 2 aromatic heterocycles. The summed E-state index contributed by atoms with van der Waals surface area (Å²) in [5, 5.41) is 4.79. The van der Waals surface area contributed by atoms with Crippen LogP contribution in [0.5, 0.6) is 5.75 Å². The van der Waals surface area contributed by atoms with Gasteiger partial charge in [-0.05, 0) is 24.3 Å². The first-order chi connectivity index (χ1) is 11.6. The maximum Gasteiger partial charge on any atom is 0.255 e. The lowest BCUT2D eigenvalue weighted by molar-refractivity contribution is 0.0733. The second-order valence-corrected chi connectivity index (χ2v) is 6.16. The number of pyridine rings is 1. The van der Waals surface area contributed by atoms with Gasteiger partial charge >= 0.3 is 0 Å². The molecule has 0 saturated carbocycles. The highest BCUT2D eigenvalue weighted by atomic mass is 35.5. The minimum atomic E-state index is -0.0815. The molecule has 4 rings (SSSR count). The molecule has 0 unspecified atom stereocenters. The van der Waals surface area contributed by atoms with Crippen LogP contribution in [0.4, 0.5) is 0 Å². The molecule has 0 aliphatic carbocycles. The van der Waals surface area contributed by atoms with Gasteiger partial charge in [-0.15, -0.1) is 0 Å². The lowest BCUT2D eigenvalue weighted by atomic mass is 10.1. The molecule has 6 nitrogen and oxygen atoms in total. The van der Waals surface area contributed by atoms with E-state index in [0.717, 1.165) is 22.3 Å². The number of aromatic nitrogens is 3. The summed E-state index contributed by atoms with van der Waals surface area (Å²) in [4.78, 5) is 19.0. The highest BCUT2D eigenvalue weighted by Gasteiger charge is 2.22. The highest BCUT2D eigenvalue weighted by Crippen LogP contribution is 2.27. The molecule has 0 atom stereocenters. The molecule has 0 bridgehead atoms. The van der Waals surface area contributed by atoms with E-state index in [4.69, 9.17) is 16.3 Å². The highest BCUT2D eigenvalue weighted by molar-refractivity contribution is 6.30. The molecule has 1 aliphatic heterocycles. The third-order valence-corrected chi connectivity index (χ3v) is 4.37. The fraction of sp³-hybridized carbons (Fsp3) is 0.235. The summed E-state index contributed by atoms with van der Waals surface area (Å²) in [6, 6.07) is 7.29. The van der Waals surface area contributed by atoms with Gasteiger partial charge in [0.15, 0.2) is 0 Å². The van der Waals surface area contributed by atoms with Gasteiger partial charge in [-0.25, -0.2) is 0 Å². The van der Waals surface area contributed by atoms with Crippen LogP contribution in [0.1, 0.15) is 15.9 Å².